The van der Waals surface area contributed by atoms with Crippen molar-refractivity contribution in [1.29, 1.82) is 0 Å². The van der Waals surface area contributed by atoms with E-state index >= 15 is 0 Å². The largest absolute Gasteiger partial charge is 0.347 e. The van der Waals surface area contributed by atoms with E-state index in [4.69, 9.17) is 0 Å². The van der Waals surface area contributed by atoms with Gasteiger partial charge in [0.15, 0.2) is 0 Å². The summed E-state index contributed by atoms with van der Waals surface area (Å²) in [5.74, 6) is 0.654. The quantitative estimate of drug-likeness (QED) is 0.644. The first kappa shape index (κ1) is 8.52. The third-order valence-corrected chi connectivity index (χ3v) is 1.30. The summed E-state index contributed by atoms with van der Waals surface area (Å²) in [7, 11) is 0. The van der Waals surface area contributed by atoms with Gasteiger partial charge in [-0.1, -0.05) is 6.08 Å². The number of hydrogen-bond donors (Lipinski definition) is 2. The number of carbonyl (C=O) groups excluding carboxylic acids is 1. The van der Waals surface area contributed by atoms with Crippen LogP contribution in [0, 0.1) is 0 Å². The monoisotopic (exact) mass is 165 g/mol. The molecule has 0 aliphatic heterocycles. The van der Waals surface area contributed by atoms with E-state index in [2.05, 4.69) is 15.3 Å². The zero-order valence-electron chi connectivity index (χ0n) is 6.87. The molecule has 64 valence electrons. The van der Waals surface area contributed by atoms with Gasteiger partial charge in [0, 0.05) is 12.4 Å². The van der Waals surface area contributed by atoms with Crippen molar-refractivity contribution < 1.29 is 4.79 Å². The Morgan fingerprint density at radius 1 is 1.83 bits per heavy atom. The molecule has 0 aliphatic carbocycles. The number of amides is 1. The number of aromatic amines is 1. The predicted octanol–water partition coefficient (Wildman–Crippen LogP) is 0.602. The van der Waals surface area contributed by atoms with Gasteiger partial charge in [0.25, 0.3) is 0 Å². The summed E-state index contributed by atoms with van der Waals surface area (Å²) in [6, 6.07) is 0. The van der Waals surface area contributed by atoms with Crippen molar-refractivity contribution in [2.45, 2.75) is 13.5 Å². The fourth-order valence-corrected chi connectivity index (χ4v) is 0.776. The molecule has 0 radical (unpaired) electrons. The second kappa shape index (κ2) is 4.33. The lowest BCUT2D eigenvalue weighted by molar-refractivity contribution is -0.116. The van der Waals surface area contributed by atoms with E-state index in [9.17, 15) is 4.79 Å². The number of hydrogen-bond acceptors (Lipinski definition) is 2. The third kappa shape index (κ3) is 2.57. The van der Waals surface area contributed by atoms with E-state index in [-0.39, 0.29) is 5.91 Å². The average Bonchev–Trinajstić information content (AvgIpc) is 2.53. The molecular weight excluding hydrogens is 154 g/mol. The highest BCUT2D eigenvalue weighted by Gasteiger charge is 1.96. The molecule has 1 amide bonds. The number of carbonyl (C=O) groups is 1. The Hall–Kier alpha value is -1.58. The number of allylic oxidation sites excluding steroid dienone is 1. The summed E-state index contributed by atoms with van der Waals surface area (Å²) >= 11 is 0. The number of nitrogens with zero attached hydrogens (tertiary/aromatic N) is 1. The van der Waals surface area contributed by atoms with Crippen molar-refractivity contribution in [3.8, 4) is 0 Å². The summed E-state index contributed by atoms with van der Waals surface area (Å²) < 4.78 is 0. The van der Waals surface area contributed by atoms with Gasteiger partial charge in [-0.2, -0.15) is 0 Å². The zero-order valence-corrected chi connectivity index (χ0v) is 6.87. The van der Waals surface area contributed by atoms with Gasteiger partial charge in [-0.3, -0.25) is 4.79 Å². The second-order valence-electron chi connectivity index (χ2n) is 2.25. The van der Waals surface area contributed by atoms with Gasteiger partial charge in [-0.15, -0.1) is 0 Å². The van der Waals surface area contributed by atoms with Crippen molar-refractivity contribution in [2.75, 3.05) is 0 Å². The van der Waals surface area contributed by atoms with Crippen LogP contribution in [-0.2, 0) is 11.3 Å². The molecule has 0 aliphatic rings. The SMILES string of the molecule is C/C=C/C(=O)NCc1ncc[nH]1. The smallest absolute Gasteiger partial charge is 0.244 e. The minimum absolute atomic E-state index is 0.103. The van der Waals surface area contributed by atoms with Crippen molar-refractivity contribution in [3.05, 3.63) is 30.4 Å². The Kier molecular flexibility index (Phi) is 3.07. The van der Waals surface area contributed by atoms with Gasteiger partial charge >= 0.3 is 0 Å². The van der Waals surface area contributed by atoms with Crippen LogP contribution < -0.4 is 5.32 Å². The predicted molar refractivity (Wildman–Crippen MR) is 45.2 cm³/mol. The highest BCUT2D eigenvalue weighted by molar-refractivity contribution is 5.87. The number of imidazole rings is 1. The van der Waals surface area contributed by atoms with Crippen molar-refractivity contribution in [3.63, 3.8) is 0 Å². The fraction of sp³-hybridized carbons (Fsp3) is 0.250. The Morgan fingerprint density at radius 3 is 3.25 bits per heavy atom. The maximum absolute atomic E-state index is 10.9. The van der Waals surface area contributed by atoms with E-state index in [1.165, 1.54) is 6.08 Å². The van der Waals surface area contributed by atoms with Gasteiger partial charge in [0.2, 0.25) is 5.91 Å². The minimum Gasteiger partial charge on any atom is -0.347 e. The van der Waals surface area contributed by atoms with Crippen LogP contribution in [0.25, 0.3) is 0 Å². The second-order valence-corrected chi connectivity index (χ2v) is 2.25. The van der Waals surface area contributed by atoms with Crippen LogP contribution in [0.3, 0.4) is 0 Å². The Balaban J connectivity index is 2.31. The molecule has 1 rings (SSSR count). The first-order valence-corrected chi connectivity index (χ1v) is 3.71. The lowest BCUT2D eigenvalue weighted by atomic mass is 10.5. The highest BCUT2D eigenvalue weighted by Crippen LogP contribution is 1.86. The average molecular weight is 165 g/mol. The molecule has 0 atom stereocenters. The van der Waals surface area contributed by atoms with Gasteiger partial charge in [0.1, 0.15) is 5.82 Å². The highest BCUT2D eigenvalue weighted by atomic mass is 16.1. The van der Waals surface area contributed by atoms with Crippen molar-refractivity contribution in [2.24, 2.45) is 0 Å². The molecule has 0 spiro atoms. The fourth-order valence-electron chi connectivity index (χ4n) is 0.776. The van der Waals surface area contributed by atoms with E-state index < -0.39 is 0 Å². The minimum atomic E-state index is -0.103. The molecule has 0 bridgehead atoms. The summed E-state index contributed by atoms with van der Waals surface area (Å²) in [5, 5.41) is 2.67. The van der Waals surface area contributed by atoms with Crippen LogP contribution in [0.2, 0.25) is 0 Å². The molecule has 0 unspecified atom stereocenters. The van der Waals surface area contributed by atoms with Gasteiger partial charge in [-0.05, 0) is 13.0 Å². The van der Waals surface area contributed by atoms with Gasteiger partial charge in [0.05, 0.1) is 6.54 Å². The molecule has 0 saturated heterocycles. The number of H-pyrrole nitrogens is 1. The topological polar surface area (TPSA) is 57.8 Å². The van der Waals surface area contributed by atoms with E-state index in [1.807, 2.05) is 0 Å². The zero-order chi connectivity index (χ0) is 8.81. The van der Waals surface area contributed by atoms with E-state index in [0.717, 1.165) is 5.82 Å². The summed E-state index contributed by atoms with van der Waals surface area (Å²) in [5.41, 5.74) is 0. The maximum Gasteiger partial charge on any atom is 0.244 e. The summed E-state index contributed by atoms with van der Waals surface area (Å²) in [6.07, 6.45) is 6.54. The third-order valence-electron chi connectivity index (χ3n) is 1.30. The maximum atomic E-state index is 10.9. The number of rotatable bonds is 3. The van der Waals surface area contributed by atoms with Gasteiger partial charge in [-0.25, -0.2) is 4.98 Å². The first-order chi connectivity index (χ1) is 5.83. The van der Waals surface area contributed by atoms with Crippen LogP contribution in [0.4, 0.5) is 0 Å². The van der Waals surface area contributed by atoms with Crippen molar-refractivity contribution >= 4 is 5.91 Å². The van der Waals surface area contributed by atoms with Crippen LogP contribution in [0.1, 0.15) is 12.7 Å². The lowest BCUT2D eigenvalue weighted by Crippen LogP contribution is -2.20. The summed E-state index contributed by atoms with van der Waals surface area (Å²) in [4.78, 5) is 17.7. The first-order valence-electron chi connectivity index (χ1n) is 3.71. The normalized spacial score (nSPS) is 10.4. The van der Waals surface area contributed by atoms with Crippen LogP contribution >= 0.6 is 0 Å². The molecular formula is C8H11N3O. The summed E-state index contributed by atoms with van der Waals surface area (Å²) in [6.45, 7) is 2.24. The molecule has 0 saturated carbocycles. The Bertz CT molecular complexity index is 264. The molecule has 1 heterocycles. The number of nitrogens with one attached hydrogen (secondary N) is 2. The molecule has 0 fully saturated rings. The van der Waals surface area contributed by atoms with E-state index in [1.54, 1.807) is 25.4 Å². The molecule has 4 heteroatoms. The molecule has 1 aromatic rings. The van der Waals surface area contributed by atoms with Crippen LogP contribution in [0.15, 0.2) is 24.5 Å². The van der Waals surface area contributed by atoms with Crippen LogP contribution in [0.5, 0.6) is 0 Å². The van der Waals surface area contributed by atoms with E-state index in [0.29, 0.717) is 6.54 Å². The Morgan fingerprint density at radius 2 is 2.67 bits per heavy atom. The molecule has 0 aromatic carbocycles. The molecule has 1 aromatic heterocycles. The lowest BCUT2D eigenvalue weighted by Gasteiger charge is -1.97. The molecule has 4 nitrogen and oxygen atoms in total. The standard InChI is InChI=1S/C8H11N3O/c1-2-3-8(12)11-6-7-9-4-5-10-7/h2-5H,6H2,1H3,(H,9,10)(H,11,12)/b3-2+. The Labute approximate surface area is 70.7 Å². The molecule has 2 N–H and O–H groups in total. The van der Waals surface area contributed by atoms with Crippen molar-refractivity contribution in [1.82, 2.24) is 15.3 Å². The van der Waals surface area contributed by atoms with Gasteiger partial charge < -0.3 is 10.3 Å². The molecule has 12 heavy (non-hydrogen) atoms. The van der Waals surface area contributed by atoms with Crippen LogP contribution in [-0.4, -0.2) is 15.9 Å². The number of aromatic nitrogens is 2.